The number of phenols is 1. The highest BCUT2D eigenvalue weighted by Gasteiger charge is 2.35. The minimum absolute atomic E-state index is 0.0279. The van der Waals surface area contributed by atoms with Crippen LogP contribution in [0.5, 0.6) is 5.75 Å². The SMILES string of the molecule is O=[N+]([O-])c1ccc(NN=Cc2cc(Br)c(O)c(Br)c2)c(C(F)(F)F)c1. The van der Waals surface area contributed by atoms with E-state index in [1.165, 1.54) is 18.3 Å². The molecule has 0 fully saturated rings. The van der Waals surface area contributed by atoms with Crippen molar-refractivity contribution in [1.82, 2.24) is 0 Å². The largest absolute Gasteiger partial charge is 0.506 e. The number of hydrazone groups is 1. The summed E-state index contributed by atoms with van der Waals surface area (Å²) in [7, 11) is 0. The molecule has 132 valence electrons. The molecule has 0 aromatic heterocycles. The number of aromatic hydroxyl groups is 1. The van der Waals surface area contributed by atoms with Crippen molar-refractivity contribution < 1.29 is 23.2 Å². The fourth-order valence-electron chi connectivity index (χ4n) is 1.81. The number of rotatable bonds is 4. The minimum Gasteiger partial charge on any atom is -0.506 e. The first-order valence-corrected chi connectivity index (χ1v) is 8.01. The lowest BCUT2D eigenvalue weighted by atomic mass is 10.1. The van der Waals surface area contributed by atoms with Gasteiger partial charge in [0, 0.05) is 12.1 Å². The zero-order valence-electron chi connectivity index (χ0n) is 12.0. The van der Waals surface area contributed by atoms with Crippen molar-refractivity contribution in [3.63, 3.8) is 0 Å². The van der Waals surface area contributed by atoms with E-state index in [1.54, 1.807) is 0 Å². The predicted molar refractivity (Wildman–Crippen MR) is 92.8 cm³/mol. The quantitative estimate of drug-likeness (QED) is 0.352. The minimum atomic E-state index is -4.78. The topological polar surface area (TPSA) is 87.8 Å². The van der Waals surface area contributed by atoms with Crippen LogP contribution in [0.4, 0.5) is 24.5 Å². The molecule has 11 heteroatoms. The molecule has 2 rings (SSSR count). The maximum Gasteiger partial charge on any atom is 0.418 e. The number of benzene rings is 2. The molecule has 0 saturated carbocycles. The highest BCUT2D eigenvalue weighted by Crippen LogP contribution is 2.37. The van der Waals surface area contributed by atoms with Gasteiger partial charge < -0.3 is 5.11 Å². The summed E-state index contributed by atoms with van der Waals surface area (Å²) in [5.41, 5.74) is 0.408. The van der Waals surface area contributed by atoms with Crippen LogP contribution in [0.3, 0.4) is 0 Å². The Morgan fingerprint density at radius 2 is 1.80 bits per heavy atom. The first-order chi connectivity index (χ1) is 11.6. The van der Waals surface area contributed by atoms with E-state index < -0.39 is 28.0 Å². The van der Waals surface area contributed by atoms with E-state index in [1.807, 2.05) is 0 Å². The maximum atomic E-state index is 13.0. The van der Waals surface area contributed by atoms with Crippen LogP contribution in [0.2, 0.25) is 0 Å². The molecular formula is C14H8Br2F3N3O3. The van der Waals surface area contributed by atoms with Crippen molar-refractivity contribution in [1.29, 1.82) is 0 Å². The summed E-state index contributed by atoms with van der Waals surface area (Å²) in [5, 5.41) is 23.9. The van der Waals surface area contributed by atoms with Crippen LogP contribution < -0.4 is 5.43 Å². The summed E-state index contributed by atoms with van der Waals surface area (Å²) < 4.78 is 39.9. The lowest BCUT2D eigenvalue weighted by molar-refractivity contribution is -0.385. The molecule has 0 heterocycles. The molecule has 0 amide bonds. The monoisotopic (exact) mass is 481 g/mol. The second kappa shape index (κ2) is 7.40. The Balaban J connectivity index is 2.30. The van der Waals surface area contributed by atoms with E-state index in [2.05, 4.69) is 42.4 Å². The summed E-state index contributed by atoms with van der Waals surface area (Å²) in [6.07, 6.45) is -3.55. The summed E-state index contributed by atoms with van der Waals surface area (Å²) in [6, 6.07) is 5.32. The number of hydrogen-bond acceptors (Lipinski definition) is 5. The molecule has 0 spiro atoms. The first-order valence-electron chi connectivity index (χ1n) is 6.42. The Hall–Kier alpha value is -2.14. The van der Waals surface area contributed by atoms with Gasteiger partial charge in [0.05, 0.1) is 31.3 Å². The maximum absolute atomic E-state index is 13.0. The fraction of sp³-hybridized carbons (Fsp3) is 0.0714. The van der Waals surface area contributed by atoms with Crippen molar-refractivity contribution in [3.05, 3.63) is 60.5 Å². The van der Waals surface area contributed by atoms with Crippen molar-refractivity contribution >= 4 is 49.4 Å². The van der Waals surface area contributed by atoms with Gasteiger partial charge in [-0.1, -0.05) is 0 Å². The Morgan fingerprint density at radius 1 is 1.20 bits per heavy atom. The number of halogens is 5. The number of anilines is 1. The molecule has 0 unspecified atom stereocenters. The van der Waals surface area contributed by atoms with Gasteiger partial charge in [0.2, 0.25) is 0 Å². The number of phenolic OH excluding ortho intramolecular Hbond substituents is 1. The summed E-state index contributed by atoms with van der Waals surface area (Å²) in [4.78, 5) is 9.73. The zero-order chi connectivity index (χ0) is 18.8. The molecule has 0 bridgehead atoms. The third kappa shape index (κ3) is 4.69. The highest BCUT2D eigenvalue weighted by atomic mass is 79.9. The van der Waals surface area contributed by atoms with Gasteiger partial charge in [0.25, 0.3) is 5.69 Å². The van der Waals surface area contributed by atoms with Crippen LogP contribution in [0, 0.1) is 10.1 Å². The lowest BCUT2D eigenvalue weighted by Gasteiger charge is -2.11. The highest BCUT2D eigenvalue weighted by molar-refractivity contribution is 9.11. The number of alkyl halides is 3. The Labute approximate surface area is 155 Å². The lowest BCUT2D eigenvalue weighted by Crippen LogP contribution is -2.09. The molecule has 2 N–H and O–H groups in total. The number of non-ortho nitro benzene ring substituents is 1. The van der Waals surface area contributed by atoms with E-state index in [0.717, 1.165) is 12.1 Å². The van der Waals surface area contributed by atoms with Gasteiger partial charge in [0.1, 0.15) is 5.75 Å². The van der Waals surface area contributed by atoms with Gasteiger partial charge in [-0.2, -0.15) is 18.3 Å². The Morgan fingerprint density at radius 3 is 2.32 bits per heavy atom. The van der Waals surface area contributed by atoms with E-state index in [0.29, 0.717) is 20.6 Å². The molecule has 0 saturated heterocycles. The van der Waals surface area contributed by atoms with E-state index in [9.17, 15) is 28.4 Å². The summed E-state index contributed by atoms with van der Waals surface area (Å²) in [5.74, 6) is -0.0279. The Kier molecular flexibility index (Phi) is 5.68. The smallest absolute Gasteiger partial charge is 0.418 e. The van der Waals surface area contributed by atoms with Gasteiger partial charge in [0.15, 0.2) is 0 Å². The third-order valence-corrected chi connectivity index (χ3v) is 4.17. The van der Waals surface area contributed by atoms with Crippen molar-refractivity contribution in [2.75, 3.05) is 5.43 Å². The van der Waals surface area contributed by atoms with Gasteiger partial charge in [-0.25, -0.2) is 0 Å². The molecule has 6 nitrogen and oxygen atoms in total. The summed E-state index contributed by atoms with van der Waals surface area (Å²) in [6.45, 7) is 0. The van der Waals surface area contributed by atoms with Crippen molar-refractivity contribution in [2.24, 2.45) is 5.10 Å². The normalized spacial score (nSPS) is 11.7. The second-order valence-corrected chi connectivity index (χ2v) is 6.40. The van der Waals surface area contributed by atoms with Gasteiger partial charge in [-0.15, -0.1) is 0 Å². The van der Waals surface area contributed by atoms with Crippen LogP contribution in [-0.4, -0.2) is 16.2 Å². The average Bonchev–Trinajstić information content (AvgIpc) is 2.51. The van der Waals surface area contributed by atoms with E-state index in [-0.39, 0.29) is 5.75 Å². The van der Waals surface area contributed by atoms with Crippen molar-refractivity contribution in [2.45, 2.75) is 6.18 Å². The fourth-order valence-corrected chi connectivity index (χ4v) is 3.04. The number of nitrogens with zero attached hydrogens (tertiary/aromatic N) is 2. The number of nitro groups is 1. The van der Waals surface area contributed by atoms with E-state index >= 15 is 0 Å². The Bertz CT molecular complexity index is 834. The first kappa shape index (κ1) is 19.2. The third-order valence-electron chi connectivity index (χ3n) is 2.96. The van der Waals surface area contributed by atoms with Gasteiger partial charge in [-0.05, 0) is 55.6 Å². The molecule has 0 aliphatic rings. The molecular weight excluding hydrogens is 475 g/mol. The van der Waals surface area contributed by atoms with Gasteiger partial charge >= 0.3 is 6.18 Å². The predicted octanol–water partition coefficient (Wildman–Crippen LogP) is 5.29. The molecule has 2 aromatic rings. The molecule has 0 aliphatic heterocycles. The van der Waals surface area contributed by atoms with E-state index in [4.69, 9.17) is 0 Å². The van der Waals surface area contributed by atoms with Crippen LogP contribution in [0.25, 0.3) is 0 Å². The number of nitro benzene ring substituents is 1. The standard InChI is InChI=1S/C14H8Br2F3N3O3/c15-10-3-7(4-11(16)13(10)23)6-20-21-12-2-1-8(22(24)25)5-9(12)14(17,18)19/h1-6,21,23H. The number of hydrogen-bond donors (Lipinski definition) is 2. The molecule has 25 heavy (non-hydrogen) atoms. The second-order valence-electron chi connectivity index (χ2n) is 4.69. The van der Waals surface area contributed by atoms with Crippen molar-refractivity contribution in [3.8, 4) is 5.75 Å². The summed E-state index contributed by atoms with van der Waals surface area (Å²) >= 11 is 6.24. The van der Waals surface area contributed by atoms with Crippen LogP contribution in [0.15, 0.2) is 44.4 Å². The van der Waals surface area contributed by atoms with Crippen LogP contribution in [-0.2, 0) is 6.18 Å². The molecule has 0 aliphatic carbocycles. The number of nitrogens with one attached hydrogen (secondary N) is 1. The molecule has 2 aromatic carbocycles. The van der Waals surface area contributed by atoms with Gasteiger partial charge in [-0.3, -0.25) is 15.5 Å². The molecule has 0 atom stereocenters. The molecule has 0 radical (unpaired) electrons. The average molecular weight is 483 g/mol. The van der Waals surface area contributed by atoms with Crippen LogP contribution in [0.1, 0.15) is 11.1 Å². The van der Waals surface area contributed by atoms with Crippen LogP contribution >= 0.6 is 31.9 Å². The zero-order valence-corrected chi connectivity index (χ0v) is 15.2.